The van der Waals surface area contributed by atoms with Gasteiger partial charge in [0.25, 0.3) is 0 Å². The summed E-state index contributed by atoms with van der Waals surface area (Å²) in [6.45, 7) is 0. The van der Waals surface area contributed by atoms with E-state index in [1.807, 2.05) is 0 Å². The Morgan fingerprint density at radius 1 is 1.25 bits per heavy atom. The minimum absolute atomic E-state index is 0. The van der Waals surface area contributed by atoms with Gasteiger partial charge < -0.3 is 6.90 Å². The molecule has 0 aliphatic carbocycles. The van der Waals surface area contributed by atoms with Crippen LogP contribution in [0.3, 0.4) is 0 Å². The van der Waals surface area contributed by atoms with Crippen LogP contribution in [-0.4, -0.2) is 5.48 Å². The van der Waals surface area contributed by atoms with Gasteiger partial charge >= 0.3 is 18.9 Å². The summed E-state index contributed by atoms with van der Waals surface area (Å²) < 4.78 is 0. The third kappa shape index (κ3) is 8.99. The SMILES string of the molecule is O.[H-].[Li+].[Ta].[Ti]. The summed E-state index contributed by atoms with van der Waals surface area (Å²) in [6, 6.07) is 0. The Balaban J connectivity index is 0. The second kappa shape index (κ2) is 19.9. The Hall–Kier alpha value is 2.01. The van der Waals surface area contributed by atoms with Gasteiger partial charge in [0.2, 0.25) is 0 Å². The van der Waals surface area contributed by atoms with Crippen molar-refractivity contribution in [3.8, 4) is 0 Å². The molecule has 19 valence electrons. The average Bonchev–Trinajstić information content (AvgIpc) is 0. The van der Waals surface area contributed by atoms with E-state index in [2.05, 4.69) is 0 Å². The molecule has 2 N–H and O–H groups in total. The van der Waals surface area contributed by atoms with Gasteiger partial charge in [-0.1, -0.05) is 0 Å². The van der Waals surface area contributed by atoms with Crippen LogP contribution < -0.4 is 18.9 Å². The maximum Gasteiger partial charge on any atom is 1.00 e. The molecule has 0 rings (SSSR count). The molecule has 0 unspecified atom stereocenters. The summed E-state index contributed by atoms with van der Waals surface area (Å²) >= 11 is 0. The van der Waals surface area contributed by atoms with Crippen molar-refractivity contribution in [3.63, 3.8) is 0 Å². The predicted molar refractivity (Wildman–Crippen MR) is 4.73 cm³/mol. The van der Waals surface area contributed by atoms with Gasteiger partial charge in [-0.2, -0.15) is 0 Å². The molecule has 1 radical (unpaired) electrons. The van der Waals surface area contributed by atoms with Crippen molar-refractivity contribution in [2.24, 2.45) is 0 Å². The normalized spacial score (nSPS) is 0. The molecule has 0 atom stereocenters. The van der Waals surface area contributed by atoms with Crippen LogP contribution in [0.1, 0.15) is 1.43 Å². The Morgan fingerprint density at radius 2 is 1.25 bits per heavy atom. The third-order valence-electron chi connectivity index (χ3n) is 0. The van der Waals surface area contributed by atoms with Crippen molar-refractivity contribution >= 4 is 0 Å². The van der Waals surface area contributed by atoms with Gasteiger partial charge in [-0.25, -0.2) is 0 Å². The zero-order valence-electron chi connectivity index (χ0n) is 3.45. The Kier molecular flexibility index (Phi) is 186. The van der Waals surface area contributed by atoms with E-state index >= 15 is 0 Å². The first-order chi connectivity index (χ1) is 0. The van der Waals surface area contributed by atoms with Gasteiger partial charge in [-0.15, -0.1) is 0 Å². The largest absolute Gasteiger partial charge is 1.00 e. The first-order valence-corrected chi connectivity index (χ1v) is 0. The molecule has 1 nitrogen and oxygen atoms in total. The quantitative estimate of drug-likeness (QED) is 0.399. The number of hydrogen-bond donors (Lipinski definition) is 0. The molecule has 0 aromatic heterocycles. The molecule has 0 aromatic carbocycles. The van der Waals surface area contributed by atoms with Gasteiger partial charge in [0.1, 0.15) is 0 Å². The second-order valence-electron chi connectivity index (χ2n) is 0. The maximum atomic E-state index is 0. The molecular weight excluding hydrogens is 252 g/mol. The number of hydrogen-bond acceptors (Lipinski definition) is 0. The van der Waals surface area contributed by atoms with Crippen molar-refractivity contribution < 1.29 is 69.9 Å². The maximum absolute atomic E-state index is 0. The van der Waals surface area contributed by atoms with Crippen LogP contribution in [0.5, 0.6) is 0 Å². The molecule has 4 heavy (non-hydrogen) atoms. The summed E-state index contributed by atoms with van der Waals surface area (Å²) in [5.74, 6) is 0. The van der Waals surface area contributed by atoms with Crippen LogP contribution in [0.4, 0.5) is 0 Å². The smallest absolute Gasteiger partial charge is 1.00 e. The first-order valence-electron chi connectivity index (χ1n) is 0. The minimum atomic E-state index is 0. The fraction of sp³-hybridized carbons (Fsp3) is 0. The van der Waals surface area contributed by atoms with Gasteiger partial charge in [0.05, 0.1) is 0 Å². The molecule has 0 fully saturated rings. The van der Waals surface area contributed by atoms with Crippen LogP contribution in [0.25, 0.3) is 0 Å². The molecular formula is H3LiOTaTi. The molecule has 0 spiro atoms. The van der Waals surface area contributed by atoms with Crippen LogP contribution in [0, 0.1) is 0 Å². The predicted octanol–water partition coefficient (Wildman–Crippen LogP) is -3.71. The standard InChI is InChI=1S/Li.H2O.Ta.Ti.H/h;1H2;;;/q+1;;;;-1. The van der Waals surface area contributed by atoms with E-state index in [0.29, 0.717) is 0 Å². The monoisotopic (exact) mass is 255 g/mol. The molecule has 4 heteroatoms. The summed E-state index contributed by atoms with van der Waals surface area (Å²) in [5, 5.41) is 0. The molecule has 0 aliphatic rings. The molecule has 0 aliphatic heterocycles. The van der Waals surface area contributed by atoms with Crippen molar-refractivity contribution in [1.82, 2.24) is 0 Å². The summed E-state index contributed by atoms with van der Waals surface area (Å²) in [7, 11) is 0. The molecule has 0 bridgehead atoms. The fourth-order valence-corrected chi connectivity index (χ4v) is 0. The average molecular weight is 255 g/mol. The van der Waals surface area contributed by atoms with E-state index in [9.17, 15) is 0 Å². The van der Waals surface area contributed by atoms with E-state index in [4.69, 9.17) is 0 Å². The zero-order valence-corrected chi connectivity index (χ0v) is 7.22. The topological polar surface area (TPSA) is 31.5 Å². The fourth-order valence-electron chi connectivity index (χ4n) is 0. The molecule has 0 saturated heterocycles. The van der Waals surface area contributed by atoms with E-state index in [1.54, 1.807) is 0 Å². The summed E-state index contributed by atoms with van der Waals surface area (Å²) in [5.41, 5.74) is 0. The van der Waals surface area contributed by atoms with Crippen molar-refractivity contribution in [1.29, 1.82) is 0 Å². The summed E-state index contributed by atoms with van der Waals surface area (Å²) in [4.78, 5) is 0. The Bertz CT molecular complexity index is 11.6. The van der Waals surface area contributed by atoms with Crippen LogP contribution in [0.15, 0.2) is 0 Å². The van der Waals surface area contributed by atoms with E-state index in [1.165, 1.54) is 0 Å². The first kappa shape index (κ1) is 37.3. The van der Waals surface area contributed by atoms with E-state index in [-0.39, 0.29) is 69.9 Å². The van der Waals surface area contributed by atoms with Gasteiger partial charge in [-0.3, -0.25) is 0 Å². The van der Waals surface area contributed by atoms with Crippen molar-refractivity contribution in [3.05, 3.63) is 0 Å². The second-order valence-corrected chi connectivity index (χ2v) is 0. The van der Waals surface area contributed by atoms with Crippen LogP contribution >= 0.6 is 0 Å². The summed E-state index contributed by atoms with van der Waals surface area (Å²) in [6.07, 6.45) is 0. The molecule has 0 aromatic rings. The molecule has 0 amide bonds. The number of rotatable bonds is 0. The third-order valence-corrected chi connectivity index (χ3v) is 0. The van der Waals surface area contributed by atoms with E-state index in [0.717, 1.165) is 0 Å². The van der Waals surface area contributed by atoms with E-state index < -0.39 is 0 Å². The molecule has 0 heterocycles. The van der Waals surface area contributed by atoms with Gasteiger partial charge in [-0.05, 0) is 0 Å². The molecule has 0 saturated carbocycles. The zero-order chi connectivity index (χ0) is 0. The van der Waals surface area contributed by atoms with Crippen LogP contribution in [0.2, 0.25) is 0 Å². The van der Waals surface area contributed by atoms with Crippen molar-refractivity contribution in [2.75, 3.05) is 0 Å². The Labute approximate surface area is 69.3 Å². The van der Waals surface area contributed by atoms with Gasteiger partial charge in [0, 0.05) is 44.1 Å². The van der Waals surface area contributed by atoms with Gasteiger partial charge in [0.15, 0.2) is 0 Å². The Morgan fingerprint density at radius 3 is 1.25 bits per heavy atom. The van der Waals surface area contributed by atoms with Crippen LogP contribution in [-0.2, 0) is 44.1 Å². The minimum Gasteiger partial charge on any atom is -1.00 e. The van der Waals surface area contributed by atoms with Crippen molar-refractivity contribution in [2.45, 2.75) is 0 Å².